The second-order valence-electron chi connectivity index (χ2n) is 3.21. The third-order valence-corrected chi connectivity index (χ3v) is 2.03. The van der Waals surface area contributed by atoms with Crippen LogP contribution in [0, 0.1) is 0 Å². The summed E-state index contributed by atoms with van der Waals surface area (Å²) in [6.07, 6.45) is 3.57. The number of aliphatic imine (C=N–C) groups is 1. The lowest BCUT2D eigenvalue weighted by molar-refractivity contribution is 1.07. The summed E-state index contributed by atoms with van der Waals surface area (Å²) >= 11 is 0. The quantitative estimate of drug-likeness (QED) is 0.727. The van der Waals surface area contributed by atoms with Gasteiger partial charge in [0.05, 0.1) is 12.2 Å². The molecule has 0 fully saturated rings. The second kappa shape index (κ2) is 12.5. The van der Waals surface area contributed by atoms with Gasteiger partial charge in [0, 0.05) is 12.4 Å². The summed E-state index contributed by atoms with van der Waals surface area (Å²) in [4.78, 5) is 8.48. The molecule has 0 N–H and O–H groups in total. The molecule has 0 aliphatic rings. The van der Waals surface area contributed by atoms with Crippen LogP contribution in [-0.2, 0) is 6.54 Å². The molecule has 0 amide bonds. The molecule has 0 radical (unpaired) electrons. The maximum absolute atomic E-state index is 4.32. The smallest absolute Gasteiger partial charge is 0.0807 e. The van der Waals surface area contributed by atoms with Crippen LogP contribution in [0.4, 0.5) is 0 Å². The molecule has 1 aromatic carbocycles. The van der Waals surface area contributed by atoms with E-state index in [4.69, 9.17) is 0 Å². The Balaban J connectivity index is 0.000000741. The molecule has 0 unspecified atom stereocenters. The van der Waals surface area contributed by atoms with Crippen LogP contribution in [0.25, 0.3) is 0 Å². The molecule has 19 heavy (non-hydrogen) atoms. The topological polar surface area (TPSA) is 25.2 Å². The summed E-state index contributed by atoms with van der Waals surface area (Å²) in [5.74, 6) is 0. The third kappa shape index (κ3) is 7.87. The van der Waals surface area contributed by atoms with Gasteiger partial charge in [0.25, 0.3) is 0 Å². The van der Waals surface area contributed by atoms with E-state index >= 15 is 0 Å². The van der Waals surface area contributed by atoms with Gasteiger partial charge in [-0.2, -0.15) is 0 Å². The maximum atomic E-state index is 4.32. The molecule has 0 aliphatic carbocycles. The Kier molecular flexibility index (Phi) is 11.2. The highest BCUT2D eigenvalue weighted by atomic mass is 14.7. The van der Waals surface area contributed by atoms with Crippen molar-refractivity contribution in [2.45, 2.75) is 34.2 Å². The van der Waals surface area contributed by atoms with Crippen LogP contribution < -0.4 is 0 Å². The highest BCUT2D eigenvalue weighted by Gasteiger charge is 1.87. The zero-order valence-electron chi connectivity index (χ0n) is 12.4. The maximum Gasteiger partial charge on any atom is 0.0807 e. The van der Waals surface area contributed by atoms with E-state index in [9.17, 15) is 0 Å². The number of pyridine rings is 1. The Morgan fingerprint density at radius 1 is 0.895 bits per heavy atom. The molecule has 0 spiro atoms. The van der Waals surface area contributed by atoms with Crippen LogP contribution in [0.1, 0.15) is 39.0 Å². The van der Waals surface area contributed by atoms with Crippen molar-refractivity contribution in [2.24, 2.45) is 4.99 Å². The fourth-order valence-electron chi connectivity index (χ4n) is 1.28. The molecular weight excluding hydrogens is 232 g/mol. The van der Waals surface area contributed by atoms with E-state index in [2.05, 4.69) is 22.1 Å². The highest BCUT2D eigenvalue weighted by Crippen LogP contribution is 2.00. The summed E-state index contributed by atoms with van der Waals surface area (Å²) in [5.41, 5.74) is 2.11. The zero-order chi connectivity index (χ0) is 14.3. The van der Waals surface area contributed by atoms with Crippen molar-refractivity contribution in [3.63, 3.8) is 0 Å². The summed E-state index contributed by atoms with van der Waals surface area (Å²) < 4.78 is 0. The Morgan fingerprint density at radius 2 is 1.53 bits per heavy atom. The molecule has 0 bridgehead atoms. The van der Waals surface area contributed by atoms with Gasteiger partial charge in [-0.05, 0) is 17.7 Å². The minimum atomic E-state index is 0.706. The number of hydrogen-bond donors (Lipinski definition) is 0. The fraction of sp³-hybridized carbons (Fsp3) is 0.294. The zero-order valence-corrected chi connectivity index (χ0v) is 12.4. The van der Waals surface area contributed by atoms with E-state index in [1.807, 2.05) is 64.1 Å². The van der Waals surface area contributed by atoms with Crippen molar-refractivity contribution >= 4 is 6.21 Å². The van der Waals surface area contributed by atoms with Crippen LogP contribution >= 0.6 is 0 Å². The number of rotatable bonds is 3. The minimum Gasteiger partial charge on any atom is -0.286 e. The van der Waals surface area contributed by atoms with Crippen molar-refractivity contribution in [1.29, 1.82) is 0 Å². The molecule has 1 aromatic heterocycles. The first-order valence-electron chi connectivity index (χ1n) is 6.90. The summed E-state index contributed by atoms with van der Waals surface area (Å²) in [7, 11) is 0. The van der Waals surface area contributed by atoms with Crippen LogP contribution in [0.2, 0.25) is 0 Å². The lowest BCUT2D eigenvalue weighted by atomic mass is 10.2. The first kappa shape index (κ1) is 17.0. The molecule has 2 aromatic rings. The van der Waals surface area contributed by atoms with Gasteiger partial charge >= 0.3 is 0 Å². The molecule has 1 heterocycles. The van der Waals surface area contributed by atoms with Gasteiger partial charge in [0.15, 0.2) is 0 Å². The Morgan fingerprint density at radius 3 is 2.11 bits per heavy atom. The molecule has 102 valence electrons. The van der Waals surface area contributed by atoms with E-state index in [-0.39, 0.29) is 0 Å². The van der Waals surface area contributed by atoms with Crippen LogP contribution in [0.15, 0.2) is 59.7 Å². The molecule has 2 heteroatoms. The summed E-state index contributed by atoms with van der Waals surface area (Å²) in [6, 6.07) is 16.0. The number of aromatic nitrogens is 1. The van der Waals surface area contributed by atoms with Gasteiger partial charge in [-0.3, -0.25) is 9.98 Å². The van der Waals surface area contributed by atoms with E-state index in [1.165, 1.54) is 5.56 Å². The Labute approximate surface area is 117 Å². The molecule has 0 saturated heterocycles. The molecule has 2 rings (SSSR count). The van der Waals surface area contributed by atoms with Gasteiger partial charge in [-0.15, -0.1) is 0 Å². The van der Waals surface area contributed by atoms with E-state index in [0.29, 0.717) is 6.54 Å². The monoisotopic (exact) mass is 256 g/mol. The van der Waals surface area contributed by atoms with Gasteiger partial charge in [0.2, 0.25) is 0 Å². The van der Waals surface area contributed by atoms with Crippen LogP contribution in [0.3, 0.4) is 0 Å². The van der Waals surface area contributed by atoms with Gasteiger partial charge in [-0.1, -0.05) is 64.1 Å². The predicted octanol–water partition coefficient (Wildman–Crippen LogP) is 4.75. The van der Waals surface area contributed by atoms with Gasteiger partial charge in [-0.25, -0.2) is 0 Å². The normalized spacial score (nSPS) is 9.05. The number of benzene rings is 1. The molecular formula is C17H24N2. The molecule has 0 saturated carbocycles. The van der Waals surface area contributed by atoms with Gasteiger partial charge in [0.1, 0.15) is 0 Å². The summed E-state index contributed by atoms with van der Waals surface area (Å²) in [6.45, 7) is 8.71. The Bertz CT molecular complexity index is 422. The van der Waals surface area contributed by atoms with Crippen LogP contribution in [-0.4, -0.2) is 11.2 Å². The largest absolute Gasteiger partial charge is 0.286 e. The van der Waals surface area contributed by atoms with Crippen molar-refractivity contribution in [3.8, 4) is 0 Å². The predicted molar refractivity (Wildman–Crippen MR) is 84.7 cm³/mol. The average Bonchev–Trinajstić information content (AvgIpc) is 2.53. The van der Waals surface area contributed by atoms with Crippen molar-refractivity contribution in [1.82, 2.24) is 4.98 Å². The number of hydrogen-bond acceptors (Lipinski definition) is 2. The first-order valence-corrected chi connectivity index (χ1v) is 6.90. The molecule has 0 atom stereocenters. The van der Waals surface area contributed by atoms with Crippen molar-refractivity contribution in [3.05, 3.63) is 66.0 Å². The van der Waals surface area contributed by atoms with Crippen molar-refractivity contribution < 1.29 is 0 Å². The SMILES string of the molecule is C(=NCc1ccccc1)c1ccccn1.CC.CC. The minimum absolute atomic E-state index is 0.706. The summed E-state index contributed by atoms with van der Waals surface area (Å²) in [5, 5.41) is 0. The van der Waals surface area contributed by atoms with Crippen molar-refractivity contribution in [2.75, 3.05) is 0 Å². The third-order valence-electron chi connectivity index (χ3n) is 2.03. The van der Waals surface area contributed by atoms with E-state index < -0.39 is 0 Å². The fourth-order valence-corrected chi connectivity index (χ4v) is 1.28. The standard InChI is InChI=1S/C13H12N2.2C2H6/c1-2-6-12(7-3-1)10-14-11-13-8-4-5-9-15-13;2*1-2/h1-9,11H,10H2;2*1-2H3. The molecule has 2 nitrogen and oxygen atoms in total. The van der Waals surface area contributed by atoms with Gasteiger partial charge < -0.3 is 0 Å². The Hall–Kier alpha value is -1.96. The number of nitrogens with zero attached hydrogens (tertiary/aromatic N) is 2. The lowest BCUT2D eigenvalue weighted by Crippen LogP contribution is -1.86. The lowest BCUT2D eigenvalue weighted by Gasteiger charge is -1.94. The van der Waals surface area contributed by atoms with Crippen LogP contribution in [0.5, 0.6) is 0 Å². The molecule has 0 aliphatic heterocycles. The average molecular weight is 256 g/mol. The highest BCUT2D eigenvalue weighted by molar-refractivity contribution is 5.76. The van der Waals surface area contributed by atoms with E-state index in [1.54, 1.807) is 12.4 Å². The van der Waals surface area contributed by atoms with E-state index in [0.717, 1.165) is 5.69 Å². The second-order valence-corrected chi connectivity index (χ2v) is 3.21. The first-order chi connectivity index (χ1) is 9.45.